The van der Waals surface area contributed by atoms with E-state index in [0.29, 0.717) is 24.9 Å². The van der Waals surface area contributed by atoms with Crippen LogP contribution in [0.15, 0.2) is 40.9 Å². The van der Waals surface area contributed by atoms with Crippen LogP contribution >= 0.6 is 11.3 Å². The molecule has 3 rings (SSSR count). The highest BCUT2D eigenvalue weighted by Crippen LogP contribution is 2.28. The van der Waals surface area contributed by atoms with Crippen LogP contribution in [-0.2, 0) is 24.3 Å². The predicted octanol–water partition coefficient (Wildman–Crippen LogP) is 1.88. The van der Waals surface area contributed by atoms with Crippen LogP contribution in [0.5, 0.6) is 0 Å². The Hall–Kier alpha value is -2.30. The lowest BCUT2D eigenvalue weighted by Crippen LogP contribution is -2.47. The van der Waals surface area contributed by atoms with Gasteiger partial charge in [0.25, 0.3) is 10.0 Å². The van der Waals surface area contributed by atoms with E-state index < -0.39 is 28.0 Å². The first-order valence-electron chi connectivity index (χ1n) is 9.17. The Morgan fingerprint density at radius 2 is 2.14 bits per heavy atom. The molecule has 1 aliphatic heterocycles. The molecule has 0 aromatic carbocycles. The first-order chi connectivity index (χ1) is 13.8. The zero-order valence-electron chi connectivity index (χ0n) is 16.2. The van der Waals surface area contributed by atoms with Crippen LogP contribution in [0.2, 0.25) is 0 Å². The van der Waals surface area contributed by atoms with Crippen molar-refractivity contribution >= 4 is 33.2 Å². The first kappa shape index (κ1) is 21.4. The van der Waals surface area contributed by atoms with Gasteiger partial charge in [0.15, 0.2) is 6.04 Å². The van der Waals surface area contributed by atoms with Crippen molar-refractivity contribution in [1.82, 2.24) is 14.6 Å². The van der Waals surface area contributed by atoms with E-state index >= 15 is 0 Å². The summed E-state index contributed by atoms with van der Waals surface area (Å²) in [7, 11) is -2.39. The van der Waals surface area contributed by atoms with Crippen molar-refractivity contribution in [2.45, 2.75) is 30.0 Å². The summed E-state index contributed by atoms with van der Waals surface area (Å²) < 4.78 is 32.2. The van der Waals surface area contributed by atoms with E-state index in [-0.39, 0.29) is 16.7 Å². The molecule has 0 saturated carbocycles. The van der Waals surface area contributed by atoms with Crippen molar-refractivity contribution in [1.29, 1.82) is 0 Å². The van der Waals surface area contributed by atoms with E-state index in [1.54, 1.807) is 30.5 Å². The van der Waals surface area contributed by atoms with Gasteiger partial charge >= 0.3 is 5.97 Å². The zero-order valence-corrected chi connectivity index (χ0v) is 17.8. The molecule has 2 aromatic heterocycles. The Morgan fingerprint density at radius 1 is 1.34 bits per heavy atom. The number of thiophene rings is 1. The van der Waals surface area contributed by atoms with Crippen molar-refractivity contribution in [3.8, 4) is 0 Å². The summed E-state index contributed by atoms with van der Waals surface area (Å²) in [4.78, 5) is 29.9. The van der Waals surface area contributed by atoms with Crippen LogP contribution in [0, 0.1) is 12.8 Å². The number of piperidine rings is 1. The quantitative estimate of drug-likeness (QED) is 0.692. The molecule has 0 radical (unpaired) electrons. The number of hydrogen-bond acceptors (Lipinski definition) is 7. The number of nitrogens with zero attached hydrogens (tertiary/aromatic N) is 2. The molecule has 1 N–H and O–H groups in total. The van der Waals surface area contributed by atoms with Gasteiger partial charge in [-0.2, -0.15) is 4.31 Å². The lowest BCUT2D eigenvalue weighted by molar-refractivity contribution is -0.146. The number of sulfonamides is 1. The number of aromatic nitrogens is 1. The van der Waals surface area contributed by atoms with Crippen LogP contribution in [0.3, 0.4) is 0 Å². The summed E-state index contributed by atoms with van der Waals surface area (Å²) in [5.41, 5.74) is 0.502. The fourth-order valence-corrected chi connectivity index (χ4v) is 6.22. The number of nitrogens with one attached hydrogen (secondary N) is 1. The van der Waals surface area contributed by atoms with E-state index in [1.807, 2.05) is 6.92 Å². The minimum Gasteiger partial charge on any atom is -0.467 e. The van der Waals surface area contributed by atoms with Crippen LogP contribution in [0.1, 0.15) is 29.3 Å². The topological polar surface area (TPSA) is 106 Å². The number of carbonyl (C=O) groups is 2. The van der Waals surface area contributed by atoms with Gasteiger partial charge in [-0.05, 0) is 38.0 Å². The number of carbonyl (C=O) groups excluding carboxylic acids is 2. The molecule has 10 heteroatoms. The number of amides is 1. The molecule has 2 atom stereocenters. The van der Waals surface area contributed by atoms with Gasteiger partial charge in [0.1, 0.15) is 4.21 Å². The molecule has 3 heterocycles. The third kappa shape index (κ3) is 4.82. The van der Waals surface area contributed by atoms with Gasteiger partial charge in [0.2, 0.25) is 5.91 Å². The average Bonchev–Trinajstić information content (AvgIpc) is 3.19. The summed E-state index contributed by atoms with van der Waals surface area (Å²) in [6.07, 6.45) is 4.16. The summed E-state index contributed by atoms with van der Waals surface area (Å²) in [5.74, 6) is -1.55. The standard InChI is InChI=1S/C19H23N3O5S2/c1-13-7-8-16(28-13)29(25,26)22-10-4-6-15(12-22)18(23)21-17(19(24)27-2)14-5-3-9-20-11-14/h3,5,7-9,11,15,17H,4,6,10,12H2,1-2H3,(H,21,23)/t15-,17-/m0/s1. The molecule has 29 heavy (non-hydrogen) atoms. The van der Waals surface area contributed by atoms with Gasteiger partial charge < -0.3 is 10.1 Å². The lowest BCUT2D eigenvalue weighted by Gasteiger charge is -2.31. The largest absolute Gasteiger partial charge is 0.467 e. The summed E-state index contributed by atoms with van der Waals surface area (Å²) in [6.45, 7) is 2.29. The molecule has 8 nitrogen and oxygen atoms in total. The number of ether oxygens (including phenoxy) is 1. The van der Waals surface area contributed by atoms with E-state index in [4.69, 9.17) is 4.74 Å². The second kappa shape index (κ2) is 9.02. The molecule has 0 bridgehead atoms. The second-order valence-electron chi connectivity index (χ2n) is 6.82. The number of methoxy groups -OCH3 is 1. The predicted molar refractivity (Wildman–Crippen MR) is 108 cm³/mol. The highest BCUT2D eigenvalue weighted by molar-refractivity contribution is 7.91. The minimum atomic E-state index is -3.64. The molecule has 1 saturated heterocycles. The number of aryl methyl sites for hydroxylation is 1. The SMILES string of the molecule is COC(=O)[C@@H](NC(=O)[C@H]1CCCN(S(=O)(=O)c2ccc(C)s2)C1)c1cccnc1. The minimum absolute atomic E-state index is 0.0754. The molecule has 1 amide bonds. The fourth-order valence-electron chi connectivity index (χ4n) is 3.26. The molecule has 0 unspecified atom stereocenters. The molecule has 1 aliphatic rings. The van der Waals surface area contributed by atoms with Gasteiger partial charge in [0.05, 0.1) is 13.0 Å². The van der Waals surface area contributed by atoms with E-state index in [0.717, 1.165) is 4.88 Å². The normalized spacial score (nSPS) is 18.8. The number of hydrogen-bond donors (Lipinski definition) is 1. The van der Waals surface area contributed by atoms with Crippen molar-refractivity contribution < 1.29 is 22.7 Å². The Kier molecular flexibility index (Phi) is 6.66. The van der Waals surface area contributed by atoms with Crippen molar-refractivity contribution in [3.63, 3.8) is 0 Å². The Labute approximate surface area is 173 Å². The summed E-state index contributed by atoms with van der Waals surface area (Å²) >= 11 is 1.21. The van der Waals surface area contributed by atoms with Crippen LogP contribution in [0.4, 0.5) is 0 Å². The van der Waals surface area contributed by atoms with Gasteiger partial charge in [-0.3, -0.25) is 9.78 Å². The monoisotopic (exact) mass is 437 g/mol. The molecule has 0 aliphatic carbocycles. The third-order valence-corrected chi connectivity index (χ3v) is 8.14. The Morgan fingerprint density at radius 3 is 2.76 bits per heavy atom. The van der Waals surface area contributed by atoms with Crippen molar-refractivity contribution in [2.24, 2.45) is 5.92 Å². The average molecular weight is 438 g/mol. The number of pyridine rings is 1. The fraction of sp³-hybridized carbons (Fsp3) is 0.421. The molecular weight excluding hydrogens is 414 g/mol. The summed E-state index contributed by atoms with van der Waals surface area (Å²) in [6, 6.07) is 5.70. The molecule has 0 spiro atoms. The van der Waals surface area contributed by atoms with E-state index in [9.17, 15) is 18.0 Å². The Balaban J connectivity index is 1.74. The molecule has 156 valence electrons. The highest BCUT2D eigenvalue weighted by atomic mass is 32.2. The first-order valence-corrected chi connectivity index (χ1v) is 11.4. The van der Waals surface area contributed by atoms with E-state index in [1.165, 1.54) is 28.9 Å². The Bertz CT molecular complexity index is 975. The maximum absolute atomic E-state index is 12.9. The highest BCUT2D eigenvalue weighted by Gasteiger charge is 2.35. The maximum atomic E-state index is 12.9. The molecular formula is C19H23N3O5S2. The number of rotatable bonds is 6. The van der Waals surface area contributed by atoms with Gasteiger partial charge in [-0.15, -0.1) is 11.3 Å². The van der Waals surface area contributed by atoms with Gasteiger partial charge in [-0.25, -0.2) is 13.2 Å². The van der Waals surface area contributed by atoms with Gasteiger partial charge in [0, 0.05) is 35.9 Å². The van der Waals surface area contributed by atoms with Crippen LogP contribution < -0.4 is 5.32 Å². The maximum Gasteiger partial charge on any atom is 0.333 e. The van der Waals surface area contributed by atoms with Gasteiger partial charge in [-0.1, -0.05) is 6.07 Å². The van der Waals surface area contributed by atoms with Crippen molar-refractivity contribution in [3.05, 3.63) is 47.1 Å². The smallest absolute Gasteiger partial charge is 0.333 e. The van der Waals surface area contributed by atoms with E-state index in [2.05, 4.69) is 10.3 Å². The number of esters is 1. The third-order valence-electron chi connectivity index (χ3n) is 4.81. The van der Waals surface area contributed by atoms with Crippen LogP contribution in [0.25, 0.3) is 0 Å². The molecule has 1 fully saturated rings. The molecule has 2 aromatic rings. The lowest BCUT2D eigenvalue weighted by atomic mass is 9.98. The summed E-state index contributed by atoms with van der Waals surface area (Å²) in [5, 5.41) is 2.70. The van der Waals surface area contributed by atoms with Crippen LogP contribution in [-0.4, -0.2) is 49.8 Å². The van der Waals surface area contributed by atoms with Crippen molar-refractivity contribution in [2.75, 3.05) is 20.2 Å². The zero-order chi connectivity index (χ0) is 21.0. The second-order valence-corrected chi connectivity index (χ2v) is 10.3.